The van der Waals surface area contributed by atoms with E-state index in [0.29, 0.717) is 18.8 Å². The fraction of sp³-hybridized carbons (Fsp3) is 0.357. The fourth-order valence-electron chi connectivity index (χ4n) is 1.56. The maximum Gasteiger partial charge on any atom is 0.249 e. The first-order chi connectivity index (χ1) is 10.0. The summed E-state index contributed by atoms with van der Waals surface area (Å²) in [6.07, 6.45) is 1.80. The van der Waals surface area contributed by atoms with Crippen LogP contribution >= 0.6 is 24.4 Å². The number of hydrogen-bond donors (Lipinski definition) is 4. The van der Waals surface area contributed by atoms with Crippen LogP contribution in [0, 0.1) is 0 Å². The molecule has 0 fully saturated rings. The minimum Gasteiger partial charge on any atom is -0.393 e. The van der Waals surface area contributed by atoms with Crippen molar-refractivity contribution in [2.24, 2.45) is 5.73 Å². The van der Waals surface area contributed by atoms with Gasteiger partial charge in [-0.3, -0.25) is 10.1 Å². The summed E-state index contributed by atoms with van der Waals surface area (Å²) in [5.41, 5.74) is 5.76. The van der Waals surface area contributed by atoms with Crippen LogP contribution in [-0.4, -0.2) is 31.7 Å². The Morgan fingerprint density at radius 1 is 1.52 bits per heavy atom. The Hall–Kier alpha value is -1.15. The number of carbonyl (C=O) groups excluding carboxylic acids is 1. The third-order valence-corrected chi connectivity index (χ3v) is 3.85. The molecule has 1 rings (SSSR count). The van der Waals surface area contributed by atoms with Gasteiger partial charge in [-0.2, -0.15) is 0 Å². The normalized spacial score (nSPS) is 13.0. The molecule has 0 saturated heterocycles. The molecule has 1 atom stereocenters. The SMILES string of the molecule is CN/C=C(\S)CNCOC(C)Sc1ccccc1C(N)=O. The Labute approximate surface area is 135 Å². The summed E-state index contributed by atoms with van der Waals surface area (Å²) in [7, 11) is 1.82. The van der Waals surface area contributed by atoms with Crippen molar-refractivity contribution >= 4 is 30.3 Å². The number of amides is 1. The number of primary amides is 1. The summed E-state index contributed by atoms with van der Waals surface area (Å²) in [5, 5.41) is 6.01. The van der Waals surface area contributed by atoms with Crippen molar-refractivity contribution < 1.29 is 9.53 Å². The van der Waals surface area contributed by atoms with Gasteiger partial charge < -0.3 is 15.8 Å². The van der Waals surface area contributed by atoms with Crippen molar-refractivity contribution in [3.05, 3.63) is 40.9 Å². The second-order valence-corrected chi connectivity index (χ2v) is 6.12. The van der Waals surface area contributed by atoms with E-state index >= 15 is 0 Å². The van der Waals surface area contributed by atoms with Gasteiger partial charge in [0.2, 0.25) is 5.91 Å². The third kappa shape index (κ3) is 6.90. The lowest BCUT2D eigenvalue weighted by Crippen LogP contribution is -2.22. The molecule has 0 aliphatic heterocycles. The zero-order valence-corrected chi connectivity index (χ0v) is 13.8. The first-order valence-corrected chi connectivity index (χ1v) is 7.80. The summed E-state index contributed by atoms with van der Waals surface area (Å²) >= 11 is 5.73. The average molecular weight is 327 g/mol. The molecule has 5 nitrogen and oxygen atoms in total. The molecule has 0 heterocycles. The highest BCUT2D eigenvalue weighted by molar-refractivity contribution is 7.99. The van der Waals surface area contributed by atoms with Crippen LogP contribution in [0.15, 0.2) is 40.3 Å². The van der Waals surface area contributed by atoms with Gasteiger partial charge in [0, 0.05) is 29.6 Å². The molecule has 1 aromatic carbocycles. The molecule has 7 heteroatoms. The highest BCUT2D eigenvalue weighted by Crippen LogP contribution is 2.26. The molecule has 21 heavy (non-hydrogen) atoms. The van der Waals surface area contributed by atoms with Crippen LogP contribution in [0.4, 0.5) is 0 Å². The van der Waals surface area contributed by atoms with Crippen molar-refractivity contribution in [2.45, 2.75) is 17.3 Å². The van der Waals surface area contributed by atoms with Crippen molar-refractivity contribution in [3.8, 4) is 0 Å². The molecule has 1 aromatic rings. The van der Waals surface area contributed by atoms with Crippen LogP contribution in [0.3, 0.4) is 0 Å². The number of rotatable bonds is 9. The van der Waals surface area contributed by atoms with Gasteiger partial charge in [0.15, 0.2) is 0 Å². The van der Waals surface area contributed by atoms with Crippen LogP contribution in [0.2, 0.25) is 0 Å². The number of hydrogen-bond acceptors (Lipinski definition) is 6. The van der Waals surface area contributed by atoms with Crippen LogP contribution in [0.5, 0.6) is 0 Å². The Bertz CT molecular complexity index is 495. The molecule has 1 unspecified atom stereocenters. The summed E-state index contributed by atoms with van der Waals surface area (Å²) in [6.45, 7) is 2.95. The van der Waals surface area contributed by atoms with Crippen LogP contribution in [0.1, 0.15) is 17.3 Å². The lowest BCUT2D eigenvalue weighted by Gasteiger charge is -2.14. The fourth-order valence-corrected chi connectivity index (χ4v) is 2.75. The molecular formula is C14H21N3O2S2. The van der Waals surface area contributed by atoms with E-state index in [-0.39, 0.29) is 5.44 Å². The molecule has 0 aromatic heterocycles. The number of ether oxygens (including phenoxy) is 1. The number of thioether (sulfide) groups is 1. The van der Waals surface area contributed by atoms with Crippen molar-refractivity contribution in [3.63, 3.8) is 0 Å². The highest BCUT2D eigenvalue weighted by atomic mass is 32.2. The van der Waals surface area contributed by atoms with Crippen LogP contribution in [-0.2, 0) is 4.74 Å². The lowest BCUT2D eigenvalue weighted by atomic mass is 10.2. The van der Waals surface area contributed by atoms with E-state index < -0.39 is 5.91 Å². The number of nitrogens with one attached hydrogen (secondary N) is 2. The molecule has 0 aliphatic rings. The van der Waals surface area contributed by atoms with E-state index in [1.807, 2.05) is 26.1 Å². The van der Waals surface area contributed by atoms with E-state index in [9.17, 15) is 4.79 Å². The lowest BCUT2D eigenvalue weighted by molar-refractivity contribution is 0.0997. The molecule has 0 saturated carbocycles. The highest BCUT2D eigenvalue weighted by Gasteiger charge is 2.11. The van der Waals surface area contributed by atoms with Gasteiger partial charge >= 0.3 is 0 Å². The standard InChI is InChI=1S/C14H21N3O2S2/c1-10(19-9-17-8-11(20)7-16-2)21-13-6-4-3-5-12(13)14(15)18/h3-7,10,16-17,20H,8-9H2,1-2H3,(H2,15,18)/b11-7-. The first kappa shape index (κ1) is 17.9. The van der Waals surface area contributed by atoms with E-state index in [1.165, 1.54) is 11.8 Å². The molecular weight excluding hydrogens is 306 g/mol. The van der Waals surface area contributed by atoms with E-state index in [4.69, 9.17) is 10.5 Å². The zero-order valence-electron chi connectivity index (χ0n) is 12.1. The second kappa shape index (κ2) is 9.73. The molecule has 0 radical (unpaired) electrons. The summed E-state index contributed by atoms with van der Waals surface area (Å²) in [4.78, 5) is 13.0. The number of benzene rings is 1. The predicted molar refractivity (Wildman–Crippen MR) is 90.4 cm³/mol. The molecule has 116 valence electrons. The molecule has 0 bridgehead atoms. The average Bonchev–Trinajstić information content (AvgIpc) is 2.44. The number of nitrogens with two attached hydrogens (primary N) is 1. The Kier molecular flexibility index (Phi) is 8.29. The van der Waals surface area contributed by atoms with Crippen LogP contribution in [0.25, 0.3) is 0 Å². The van der Waals surface area contributed by atoms with Crippen LogP contribution < -0.4 is 16.4 Å². The third-order valence-electron chi connectivity index (χ3n) is 2.48. The summed E-state index contributed by atoms with van der Waals surface area (Å²) in [5.74, 6) is -0.430. The van der Waals surface area contributed by atoms with Crippen molar-refractivity contribution in [2.75, 3.05) is 20.3 Å². The second-order valence-electron chi connectivity index (χ2n) is 4.21. The Balaban J connectivity index is 2.39. The smallest absolute Gasteiger partial charge is 0.249 e. The van der Waals surface area contributed by atoms with Crippen molar-refractivity contribution in [1.82, 2.24) is 10.6 Å². The number of carbonyl (C=O) groups is 1. The maximum atomic E-state index is 11.3. The van der Waals surface area contributed by atoms with E-state index in [1.54, 1.807) is 18.3 Å². The summed E-state index contributed by atoms with van der Waals surface area (Å²) in [6, 6.07) is 7.24. The molecule has 0 spiro atoms. The topological polar surface area (TPSA) is 76.4 Å². The Morgan fingerprint density at radius 3 is 2.90 bits per heavy atom. The minimum atomic E-state index is -0.430. The van der Waals surface area contributed by atoms with Gasteiger partial charge in [0.25, 0.3) is 0 Å². The molecule has 4 N–H and O–H groups in total. The molecule has 1 amide bonds. The van der Waals surface area contributed by atoms with Gasteiger partial charge in [-0.05, 0) is 19.1 Å². The predicted octanol–water partition coefficient (Wildman–Crippen LogP) is 1.78. The van der Waals surface area contributed by atoms with Gasteiger partial charge in [-0.15, -0.1) is 12.6 Å². The van der Waals surface area contributed by atoms with Crippen molar-refractivity contribution in [1.29, 1.82) is 0 Å². The van der Waals surface area contributed by atoms with E-state index in [2.05, 4.69) is 23.3 Å². The van der Waals surface area contributed by atoms with Gasteiger partial charge in [0.05, 0.1) is 12.3 Å². The van der Waals surface area contributed by atoms with Gasteiger partial charge in [-0.1, -0.05) is 23.9 Å². The quantitative estimate of drug-likeness (QED) is 0.241. The summed E-state index contributed by atoms with van der Waals surface area (Å²) < 4.78 is 5.63. The minimum absolute atomic E-state index is 0.102. The van der Waals surface area contributed by atoms with Gasteiger partial charge in [0.1, 0.15) is 5.44 Å². The van der Waals surface area contributed by atoms with E-state index in [0.717, 1.165) is 9.80 Å². The monoisotopic (exact) mass is 327 g/mol. The first-order valence-electron chi connectivity index (χ1n) is 6.47. The number of thiol groups is 1. The largest absolute Gasteiger partial charge is 0.393 e. The zero-order chi connectivity index (χ0) is 15.7. The molecule has 0 aliphatic carbocycles. The maximum absolute atomic E-state index is 11.3. The Morgan fingerprint density at radius 2 is 2.24 bits per heavy atom. The van der Waals surface area contributed by atoms with Gasteiger partial charge in [-0.25, -0.2) is 0 Å².